The molecular weight excluding hydrogens is 508 g/mol. The summed E-state index contributed by atoms with van der Waals surface area (Å²) in [4.78, 5) is 30.7. The van der Waals surface area contributed by atoms with Gasteiger partial charge in [-0.05, 0) is 68.7 Å². The number of aliphatic hydroxyl groups is 1. The summed E-state index contributed by atoms with van der Waals surface area (Å²) >= 11 is 0. The van der Waals surface area contributed by atoms with Gasteiger partial charge in [-0.25, -0.2) is 0 Å². The summed E-state index contributed by atoms with van der Waals surface area (Å²) in [6.45, 7) is 12.4. The van der Waals surface area contributed by atoms with Crippen LogP contribution in [0.3, 0.4) is 0 Å². The van der Waals surface area contributed by atoms with Gasteiger partial charge in [-0.1, -0.05) is 52.3 Å². The Labute approximate surface area is 238 Å². The number of amides is 1. The molecule has 3 rings (SSSR count). The van der Waals surface area contributed by atoms with Gasteiger partial charge in [0.15, 0.2) is 11.5 Å². The number of methoxy groups -OCH3 is 1. The van der Waals surface area contributed by atoms with Gasteiger partial charge in [-0.3, -0.25) is 9.59 Å². The van der Waals surface area contributed by atoms with E-state index in [4.69, 9.17) is 14.2 Å². The molecule has 1 aliphatic heterocycles. The number of hydrogen-bond donors (Lipinski definition) is 1. The molecule has 0 bridgehead atoms. The Kier molecular flexibility index (Phi) is 11.9. The molecule has 40 heavy (non-hydrogen) atoms. The molecule has 0 aromatic heterocycles. The number of unbranched alkanes of at least 4 members (excludes halogenated alkanes) is 1. The molecule has 1 saturated heterocycles. The highest BCUT2D eigenvalue weighted by Crippen LogP contribution is 2.42. The number of aliphatic hydroxyl groups excluding tert-OH is 1. The maximum atomic E-state index is 13.5. The Morgan fingerprint density at radius 2 is 1.70 bits per heavy atom. The average molecular weight is 553 g/mol. The second kappa shape index (κ2) is 15.3. The van der Waals surface area contributed by atoms with Crippen LogP contribution in [0.2, 0.25) is 0 Å². The fraction of sp³-hybridized carbons (Fsp3) is 0.500. The number of carbonyl (C=O) groups is 2. The number of ether oxygens (including phenoxy) is 3. The zero-order valence-corrected chi connectivity index (χ0v) is 24.6. The lowest BCUT2D eigenvalue weighted by atomic mass is 9.95. The van der Waals surface area contributed by atoms with Gasteiger partial charge in [0.05, 0.1) is 31.9 Å². The van der Waals surface area contributed by atoms with E-state index in [2.05, 4.69) is 25.7 Å². The Morgan fingerprint density at radius 1 is 0.925 bits per heavy atom. The molecule has 1 N–H and O–H groups in total. The third-order valence-electron chi connectivity index (χ3n) is 7.15. The molecule has 0 saturated carbocycles. The number of carbonyl (C=O) groups excluding carboxylic acids is 2. The van der Waals surface area contributed by atoms with Crippen molar-refractivity contribution in [2.75, 3.05) is 46.5 Å². The first-order valence-electron chi connectivity index (χ1n) is 14.4. The molecule has 2 aromatic rings. The van der Waals surface area contributed by atoms with Crippen molar-refractivity contribution < 1.29 is 28.9 Å². The van der Waals surface area contributed by atoms with Gasteiger partial charge in [0.25, 0.3) is 11.7 Å². The number of likely N-dealkylation sites (tertiary alicyclic amines) is 1. The molecule has 1 fully saturated rings. The lowest BCUT2D eigenvalue weighted by Gasteiger charge is -2.27. The molecule has 1 amide bonds. The summed E-state index contributed by atoms with van der Waals surface area (Å²) in [5, 5.41) is 11.5. The highest BCUT2D eigenvalue weighted by atomic mass is 16.5. The van der Waals surface area contributed by atoms with Crippen molar-refractivity contribution in [2.24, 2.45) is 0 Å². The highest BCUT2D eigenvalue weighted by Gasteiger charge is 2.46. The first-order chi connectivity index (χ1) is 19.4. The van der Waals surface area contributed by atoms with E-state index in [0.29, 0.717) is 54.6 Å². The van der Waals surface area contributed by atoms with E-state index in [0.717, 1.165) is 38.9 Å². The molecular formula is C32H44N2O6. The van der Waals surface area contributed by atoms with E-state index in [-0.39, 0.29) is 11.3 Å². The Bertz CT molecular complexity index is 1170. The van der Waals surface area contributed by atoms with Gasteiger partial charge >= 0.3 is 0 Å². The SMILES string of the molecule is CCCCOc1ccc(C2/C(=C(\O)c3cccc(OCCC)c3)C(=O)C(=O)N2CCCN(CC)CC)cc1OC. The normalized spacial score (nSPS) is 16.6. The first-order valence-corrected chi connectivity index (χ1v) is 14.4. The molecule has 8 nitrogen and oxygen atoms in total. The predicted octanol–water partition coefficient (Wildman–Crippen LogP) is 5.82. The second-order valence-corrected chi connectivity index (χ2v) is 9.86. The monoisotopic (exact) mass is 552 g/mol. The van der Waals surface area contributed by atoms with Crippen molar-refractivity contribution >= 4 is 17.4 Å². The van der Waals surface area contributed by atoms with Crippen molar-refractivity contribution in [1.29, 1.82) is 0 Å². The number of hydrogen-bond acceptors (Lipinski definition) is 7. The summed E-state index contributed by atoms with van der Waals surface area (Å²) in [5.41, 5.74) is 1.15. The number of nitrogens with zero attached hydrogens (tertiary/aromatic N) is 2. The predicted molar refractivity (Wildman–Crippen MR) is 157 cm³/mol. The van der Waals surface area contributed by atoms with Crippen LogP contribution in [-0.2, 0) is 9.59 Å². The molecule has 2 aromatic carbocycles. The summed E-state index contributed by atoms with van der Waals surface area (Å²) in [6, 6.07) is 11.6. The maximum Gasteiger partial charge on any atom is 0.295 e. The van der Waals surface area contributed by atoms with E-state index in [1.807, 2.05) is 13.0 Å². The van der Waals surface area contributed by atoms with Crippen molar-refractivity contribution in [2.45, 2.75) is 59.4 Å². The minimum atomic E-state index is -0.768. The van der Waals surface area contributed by atoms with Crippen molar-refractivity contribution in [3.8, 4) is 17.2 Å². The standard InChI is InChI=1S/C32H44N2O6/c1-6-10-20-40-26-16-15-23(22-27(26)38-5)29-28(30(35)24-13-11-14-25(21-24)39-19-7-2)31(36)32(37)34(29)18-12-17-33(8-3)9-4/h11,13-16,21-22,29,35H,6-10,12,17-20H2,1-5H3/b30-28+. The highest BCUT2D eigenvalue weighted by molar-refractivity contribution is 6.46. The van der Waals surface area contributed by atoms with Gasteiger partial charge in [0.1, 0.15) is 11.5 Å². The van der Waals surface area contributed by atoms with Crippen LogP contribution < -0.4 is 14.2 Å². The van der Waals surface area contributed by atoms with Crippen LogP contribution in [0.5, 0.6) is 17.2 Å². The van der Waals surface area contributed by atoms with Crippen molar-refractivity contribution in [1.82, 2.24) is 9.80 Å². The fourth-order valence-corrected chi connectivity index (χ4v) is 4.87. The summed E-state index contributed by atoms with van der Waals surface area (Å²) in [5.74, 6) is 0.153. The van der Waals surface area contributed by atoms with Crippen LogP contribution in [0.4, 0.5) is 0 Å². The molecule has 1 heterocycles. The average Bonchev–Trinajstić information content (AvgIpc) is 3.23. The minimum absolute atomic E-state index is 0.0576. The van der Waals surface area contributed by atoms with Crippen LogP contribution >= 0.6 is 0 Å². The molecule has 1 atom stereocenters. The van der Waals surface area contributed by atoms with E-state index in [1.165, 1.54) is 0 Å². The van der Waals surface area contributed by atoms with E-state index in [1.54, 1.807) is 48.4 Å². The van der Waals surface area contributed by atoms with Crippen molar-refractivity contribution in [3.63, 3.8) is 0 Å². The van der Waals surface area contributed by atoms with Gasteiger partial charge in [0.2, 0.25) is 0 Å². The van der Waals surface area contributed by atoms with Crippen LogP contribution in [0.25, 0.3) is 5.76 Å². The number of rotatable bonds is 16. The molecule has 0 radical (unpaired) electrons. The fourth-order valence-electron chi connectivity index (χ4n) is 4.87. The molecule has 8 heteroatoms. The lowest BCUT2D eigenvalue weighted by molar-refractivity contribution is -0.140. The molecule has 0 aliphatic carbocycles. The third kappa shape index (κ3) is 7.36. The van der Waals surface area contributed by atoms with Crippen LogP contribution in [-0.4, -0.2) is 73.1 Å². The smallest absolute Gasteiger partial charge is 0.295 e. The molecule has 1 aliphatic rings. The number of Topliss-reactive ketones (excluding diaryl/α,β-unsaturated/α-hetero) is 1. The Hall–Kier alpha value is -3.52. The maximum absolute atomic E-state index is 13.5. The quantitative estimate of drug-likeness (QED) is 0.122. The van der Waals surface area contributed by atoms with Crippen LogP contribution in [0, 0.1) is 0 Å². The second-order valence-electron chi connectivity index (χ2n) is 9.86. The molecule has 0 spiro atoms. The molecule has 218 valence electrons. The molecule has 1 unspecified atom stereocenters. The van der Waals surface area contributed by atoms with Gasteiger partial charge in [-0.15, -0.1) is 0 Å². The van der Waals surface area contributed by atoms with E-state index in [9.17, 15) is 14.7 Å². The minimum Gasteiger partial charge on any atom is -0.507 e. The van der Waals surface area contributed by atoms with Gasteiger partial charge in [0, 0.05) is 12.1 Å². The topological polar surface area (TPSA) is 88.5 Å². The number of ketones is 1. The van der Waals surface area contributed by atoms with E-state index >= 15 is 0 Å². The first kappa shape index (κ1) is 31.0. The summed E-state index contributed by atoms with van der Waals surface area (Å²) in [6.07, 6.45) is 3.46. The van der Waals surface area contributed by atoms with Gasteiger partial charge in [-0.2, -0.15) is 0 Å². The lowest BCUT2D eigenvalue weighted by Crippen LogP contribution is -2.33. The summed E-state index contributed by atoms with van der Waals surface area (Å²) < 4.78 is 17.3. The Morgan fingerprint density at radius 3 is 2.38 bits per heavy atom. The zero-order valence-electron chi connectivity index (χ0n) is 24.6. The third-order valence-corrected chi connectivity index (χ3v) is 7.15. The van der Waals surface area contributed by atoms with E-state index < -0.39 is 17.7 Å². The van der Waals surface area contributed by atoms with Gasteiger partial charge < -0.3 is 29.1 Å². The Balaban J connectivity index is 2.06. The van der Waals surface area contributed by atoms with Crippen LogP contribution in [0.15, 0.2) is 48.0 Å². The largest absolute Gasteiger partial charge is 0.507 e. The summed E-state index contributed by atoms with van der Waals surface area (Å²) in [7, 11) is 1.56. The van der Waals surface area contributed by atoms with Crippen LogP contribution in [0.1, 0.15) is 70.5 Å². The number of benzene rings is 2. The zero-order chi connectivity index (χ0) is 29.1. The van der Waals surface area contributed by atoms with Crippen molar-refractivity contribution in [3.05, 3.63) is 59.2 Å².